The smallest absolute Gasteiger partial charge is 0.180 e. The van der Waals surface area contributed by atoms with Gasteiger partial charge in [-0.15, -0.1) is 0 Å². The molecule has 0 atom stereocenters. The normalized spacial score (nSPS) is 11.0. The zero-order chi connectivity index (χ0) is 19.9. The number of methoxy groups -OCH3 is 1. The third-order valence-electron chi connectivity index (χ3n) is 4.27. The summed E-state index contributed by atoms with van der Waals surface area (Å²) >= 11 is 6.46. The predicted octanol–water partition coefficient (Wildman–Crippen LogP) is 6.30. The highest BCUT2D eigenvalue weighted by atomic mass is 35.5. The molecule has 0 radical (unpaired) electrons. The molecule has 3 aromatic rings. The van der Waals surface area contributed by atoms with Gasteiger partial charge in [0, 0.05) is 0 Å². The lowest BCUT2D eigenvalue weighted by atomic mass is 10.0. The SMILES string of the molecule is COc1cc(/C=C(\C#N)c2ccc(C)cc2)cc(Cl)c1OCc1ccccc1. The van der Waals surface area contributed by atoms with Crippen LogP contribution in [0.2, 0.25) is 5.02 Å². The Morgan fingerprint density at radius 1 is 1.07 bits per heavy atom. The van der Waals surface area contributed by atoms with Gasteiger partial charge in [-0.05, 0) is 41.8 Å². The third kappa shape index (κ3) is 4.73. The summed E-state index contributed by atoms with van der Waals surface area (Å²) in [6, 6.07) is 23.5. The first-order valence-electron chi connectivity index (χ1n) is 8.84. The highest BCUT2D eigenvalue weighted by molar-refractivity contribution is 6.32. The number of aryl methyl sites for hydroxylation is 1. The first kappa shape index (κ1) is 19.5. The van der Waals surface area contributed by atoms with E-state index in [1.54, 1.807) is 19.3 Å². The zero-order valence-electron chi connectivity index (χ0n) is 15.8. The molecular formula is C24H20ClNO2. The van der Waals surface area contributed by atoms with Crippen molar-refractivity contribution in [2.75, 3.05) is 7.11 Å². The lowest BCUT2D eigenvalue weighted by Gasteiger charge is -2.13. The van der Waals surface area contributed by atoms with E-state index in [2.05, 4.69) is 6.07 Å². The fraction of sp³-hybridized carbons (Fsp3) is 0.125. The summed E-state index contributed by atoms with van der Waals surface area (Å²) in [6.07, 6.45) is 1.79. The van der Waals surface area contributed by atoms with Gasteiger partial charge in [-0.25, -0.2) is 0 Å². The van der Waals surface area contributed by atoms with Gasteiger partial charge >= 0.3 is 0 Å². The minimum absolute atomic E-state index is 0.388. The van der Waals surface area contributed by atoms with Gasteiger partial charge in [0.25, 0.3) is 0 Å². The van der Waals surface area contributed by atoms with E-state index >= 15 is 0 Å². The lowest BCUT2D eigenvalue weighted by Crippen LogP contribution is -1.99. The van der Waals surface area contributed by atoms with Crippen LogP contribution < -0.4 is 9.47 Å². The summed E-state index contributed by atoms with van der Waals surface area (Å²) in [5.74, 6) is 1.01. The van der Waals surface area contributed by atoms with E-state index in [0.717, 1.165) is 22.3 Å². The van der Waals surface area contributed by atoms with Crippen molar-refractivity contribution in [3.63, 3.8) is 0 Å². The molecule has 4 heteroatoms. The number of ether oxygens (including phenoxy) is 2. The summed E-state index contributed by atoms with van der Waals surface area (Å²) in [5.41, 5.74) is 4.36. The summed E-state index contributed by atoms with van der Waals surface area (Å²) in [5, 5.41) is 10.00. The quantitative estimate of drug-likeness (QED) is 0.367. The Morgan fingerprint density at radius 2 is 1.79 bits per heavy atom. The summed E-state index contributed by atoms with van der Waals surface area (Å²) in [6.45, 7) is 2.40. The zero-order valence-corrected chi connectivity index (χ0v) is 16.5. The maximum Gasteiger partial charge on any atom is 0.180 e. The lowest BCUT2D eigenvalue weighted by molar-refractivity contribution is 0.284. The first-order chi connectivity index (χ1) is 13.6. The molecule has 0 saturated heterocycles. The minimum atomic E-state index is 0.388. The van der Waals surface area contributed by atoms with Gasteiger partial charge in [0.1, 0.15) is 6.61 Å². The van der Waals surface area contributed by atoms with Crippen molar-refractivity contribution in [2.45, 2.75) is 13.5 Å². The summed E-state index contributed by atoms with van der Waals surface area (Å²) < 4.78 is 11.4. The largest absolute Gasteiger partial charge is 0.493 e. The molecule has 0 fully saturated rings. The number of allylic oxidation sites excluding steroid dienone is 1. The molecule has 3 rings (SSSR count). The van der Waals surface area contributed by atoms with Crippen LogP contribution >= 0.6 is 11.6 Å². The van der Waals surface area contributed by atoms with Crippen LogP contribution in [-0.4, -0.2) is 7.11 Å². The molecule has 0 spiro atoms. The summed E-state index contributed by atoms with van der Waals surface area (Å²) in [4.78, 5) is 0. The Kier molecular flexibility index (Phi) is 6.37. The van der Waals surface area contributed by atoms with Gasteiger partial charge in [-0.2, -0.15) is 5.26 Å². The molecule has 0 amide bonds. The van der Waals surface area contributed by atoms with Crippen LogP contribution in [0.3, 0.4) is 0 Å². The standard InChI is InChI=1S/C24H20ClNO2/c1-17-8-10-20(11-9-17)21(15-26)12-19-13-22(25)24(23(14-19)27-2)28-16-18-6-4-3-5-7-18/h3-14H,16H2,1-2H3/b21-12+. The van der Waals surface area contributed by atoms with Crippen LogP contribution in [0.1, 0.15) is 22.3 Å². The molecular weight excluding hydrogens is 370 g/mol. The molecule has 3 aromatic carbocycles. The van der Waals surface area contributed by atoms with Gasteiger partial charge in [-0.3, -0.25) is 0 Å². The van der Waals surface area contributed by atoms with Crippen LogP contribution in [-0.2, 0) is 6.61 Å². The van der Waals surface area contributed by atoms with Crippen molar-refractivity contribution in [3.8, 4) is 17.6 Å². The predicted molar refractivity (Wildman–Crippen MR) is 113 cm³/mol. The van der Waals surface area contributed by atoms with Crippen molar-refractivity contribution in [1.29, 1.82) is 5.26 Å². The maximum absolute atomic E-state index is 9.56. The number of halogens is 1. The Balaban J connectivity index is 1.89. The highest BCUT2D eigenvalue weighted by Crippen LogP contribution is 2.38. The van der Waals surface area contributed by atoms with Gasteiger partial charge in [0.2, 0.25) is 0 Å². The topological polar surface area (TPSA) is 42.2 Å². The second-order valence-electron chi connectivity index (χ2n) is 6.34. The van der Waals surface area contributed by atoms with Crippen molar-refractivity contribution >= 4 is 23.3 Å². The number of hydrogen-bond donors (Lipinski definition) is 0. The maximum atomic E-state index is 9.56. The second kappa shape index (κ2) is 9.12. The Hall–Kier alpha value is -3.22. The Labute approximate surface area is 170 Å². The molecule has 0 bridgehead atoms. The number of nitriles is 1. The third-order valence-corrected chi connectivity index (χ3v) is 4.55. The van der Waals surface area contributed by atoms with Crippen LogP contribution in [0.4, 0.5) is 0 Å². The van der Waals surface area contributed by atoms with Gasteiger partial charge in [0.15, 0.2) is 11.5 Å². The summed E-state index contributed by atoms with van der Waals surface area (Å²) in [7, 11) is 1.57. The first-order valence-corrected chi connectivity index (χ1v) is 9.21. The molecule has 0 aromatic heterocycles. The van der Waals surface area contributed by atoms with E-state index in [-0.39, 0.29) is 0 Å². The number of hydrogen-bond acceptors (Lipinski definition) is 3. The monoisotopic (exact) mass is 389 g/mol. The molecule has 3 nitrogen and oxygen atoms in total. The molecule has 28 heavy (non-hydrogen) atoms. The molecule has 0 aliphatic rings. The Bertz CT molecular complexity index is 1020. The molecule has 0 aliphatic heterocycles. The number of nitrogens with zero attached hydrogens (tertiary/aromatic N) is 1. The van der Waals surface area contributed by atoms with Crippen LogP contribution in [0.25, 0.3) is 11.6 Å². The molecule has 0 unspecified atom stereocenters. The van der Waals surface area contributed by atoms with Crippen molar-refractivity contribution in [3.05, 3.63) is 94.0 Å². The highest BCUT2D eigenvalue weighted by Gasteiger charge is 2.12. The molecule has 0 heterocycles. The van der Waals surface area contributed by atoms with E-state index < -0.39 is 0 Å². The van der Waals surface area contributed by atoms with Crippen molar-refractivity contribution in [1.82, 2.24) is 0 Å². The van der Waals surface area contributed by atoms with Crippen LogP contribution in [0.15, 0.2) is 66.7 Å². The molecule has 0 aliphatic carbocycles. The fourth-order valence-electron chi connectivity index (χ4n) is 2.77. The minimum Gasteiger partial charge on any atom is -0.493 e. The molecule has 0 saturated carbocycles. The van der Waals surface area contributed by atoms with E-state index in [9.17, 15) is 5.26 Å². The number of rotatable bonds is 6. The molecule has 140 valence electrons. The van der Waals surface area contributed by atoms with Crippen molar-refractivity contribution < 1.29 is 9.47 Å². The average molecular weight is 390 g/mol. The van der Waals surface area contributed by atoms with Gasteiger partial charge in [0.05, 0.1) is 23.8 Å². The average Bonchev–Trinajstić information content (AvgIpc) is 2.72. The van der Waals surface area contributed by atoms with E-state index in [0.29, 0.717) is 28.7 Å². The number of benzene rings is 3. The van der Waals surface area contributed by atoms with Crippen LogP contribution in [0, 0.1) is 18.3 Å². The fourth-order valence-corrected chi connectivity index (χ4v) is 3.05. The van der Waals surface area contributed by atoms with E-state index in [4.69, 9.17) is 21.1 Å². The van der Waals surface area contributed by atoms with Gasteiger partial charge in [-0.1, -0.05) is 71.8 Å². The van der Waals surface area contributed by atoms with Crippen molar-refractivity contribution in [2.24, 2.45) is 0 Å². The molecule has 0 N–H and O–H groups in total. The van der Waals surface area contributed by atoms with E-state index in [1.807, 2.05) is 67.6 Å². The second-order valence-corrected chi connectivity index (χ2v) is 6.75. The van der Waals surface area contributed by atoms with E-state index in [1.165, 1.54) is 0 Å². The van der Waals surface area contributed by atoms with Crippen LogP contribution in [0.5, 0.6) is 11.5 Å². The van der Waals surface area contributed by atoms with Gasteiger partial charge < -0.3 is 9.47 Å². The Morgan fingerprint density at radius 3 is 2.43 bits per heavy atom.